The lowest BCUT2D eigenvalue weighted by Crippen LogP contribution is -2.63. The fourth-order valence-electron chi connectivity index (χ4n) is 6.98. The van der Waals surface area contributed by atoms with Gasteiger partial charge in [-0.2, -0.15) is 0 Å². The first-order valence-corrected chi connectivity index (χ1v) is 16.2. The number of halogens is 1. The van der Waals surface area contributed by atoms with Crippen molar-refractivity contribution in [3.63, 3.8) is 0 Å². The van der Waals surface area contributed by atoms with Crippen molar-refractivity contribution in [1.29, 1.82) is 0 Å². The number of piperidine rings is 1. The summed E-state index contributed by atoms with van der Waals surface area (Å²) in [5, 5.41) is 18.4. The van der Waals surface area contributed by atoms with E-state index in [2.05, 4.69) is 24.5 Å². The van der Waals surface area contributed by atoms with Crippen molar-refractivity contribution in [3.8, 4) is 0 Å². The molecule has 2 aliphatic rings. The second-order valence-electron chi connectivity index (χ2n) is 15.3. The summed E-state index contributed by atoms with van der Waals surface area (Å²) in [7, 11) is 0. The summed E-state index contributed by atoms with van der Waals surface area (Å²) in [5.41, 5.74) is -2.24. The number of aliphatic hydroxyl groups is 1. The van der Waals surface area contributed by atoms with Gasteiger partial charge in [-0.15, -0.1) is 0 Å². The van der Waals surface area contributed by atoms with Gasteiger partial charge in [0, 0.05) is 23.5 Å². The summed E-state index contributed by atoms with van der Waals surface area (Å²) < 4.78 is 5.56. The van der Waals surface area contributed by atoms with Gasteiger partial charge in [0.1, 0.15) is 17.7 Å². The van der Waals surface area contributed by atoms with E-state index in [1.165, 1.54) is 0 Å². The number of amides is 3. The summed E-state index contributed by atoms with van der Waals surface area (Å²) in [6.07, 6.45) is 4.41. The molecule has 5 atom stereocenters. The van der Waals surface area contributed by atoms with Crippen LogP contribution in [0.4, 0.5) is 4.79 Å². The zero-order valence-corrected chi connectivity index (χ0v) is 28.4. The van der Waals surface area contributed by atoms with Gasteiger partial charge in [0.15, 0.2) is 0 Å². The molecule has 1 heterocycles. The zero-order chi connectivity index (χ0) is 32.4. The van der Waals surface area contributed by atoms with E-state index in [0.717, 1.165) is 37.7 Å². The topological polar surface area (TPSA) is 108 Å². The SMILES string of the molecule is CC1CCCCC(C)([C@H](NC(=O)OC(C)(C)C)C(=O)N[C@@H](C(=O)N2CC[C@](O)(c3ccc(Cl)cc3)C(C)(C)C2)C(C)C)C1. The number of carbonyl (C=O) groups is 3. The summed E-state index contributed by atoms with van der Waals surface area (Å²) in [4.78, 5) is 42.9. The monoisotopic (exact) mass is 619 g/mol. The van der Waals surface area contributed by atoms with E-state index >= 15 is 0 Å². The Morgan fingerprint density at radius 3 is 2.23 bits per heavy atom. The van der Waals surface area contributed by atoms with Gasteiger partial charge in [0.05, 0.1) is 5.60 Å². The Bertz CT molecular complexity index is 1150. The number of likely N-dealkylation sites (tertiary alicyclic amines) is 1. The third kappa shape index (κ3) is 8.44. The Morgan fingerprint density at radius 2 is 1.67 bits per heavy atom. The van der Waals surface area contributed by atoms with Crippen LogP contribution >= 0.6 is 11.6 Å². The first kappa shape index (κ1) is 35.2. The van der Waals surface area contributed by atoms with Gasteiger partial charge in [-0.3, -0.25) is 9.59 Å². The Hall–Kier alpha value is -2.32. The molecule has 1 aliphatic heterocycles. The van der Waals surface area contributed by atoms with Crippen LogP contribution in [0.5, 0.6) is 0 Å². The number of carbonyl (C=O) groups excluding carboxylic acids is 3. The quantitative estimate of drug-likeness (QED) is 0.305. The van der Waals surface area contributed by atoms with E-state index in [-0.39, 0.29) is 17.7 Å². The Morgan fingerprint density at radius 1 is 1.05 bits per heavy atom. The molecule has 0 bridgehead atoms. The highest BCUT2D eigenvalue weighted by molar-refractivity contribution is 6.30. The standard InChI is InChI=1S/C34H54ClN3O5/c1-22(2)26(29(40)38-19-18-34(42,32(7,8)21-38)24-13-15-25(35)16-14-24)36-28(39)27(37-30(41)43-31(4,5)6)33(9)17-11-10-12-23(3)20-33/h13-16,22-23,26-27,42H,10-12,17-21H2,1-9H3,(H,36,39)(H,37,41)/t23?,26-,27-,33?,34+/m1/s1. The van der Waals surface area contributed by atoms with Crippen molar-refractivity contribution in [3.05, 3.63) is 34.9 Å². The minimum Gasteiger partial charge on any atom is -0.444 e. The highest BCUT2D eigenvalue weighted by Crippen LogP contribution is 2.46. The lowest BCUT2D eigenvalue weighted by molar-refractivity contribution is -0.157. The summed E-state index contributed by atoms with van der Waals surface area (Å²) in [6.45, 7) is 18.0. The molecule has 0 aromatic heterocycles. The van der Waals surface area contributed by atoms with Crippen LogP contribution in [0, 0.1) is 22.7 Å². The molecule has 1 saturated heterocycles. The average Bonchev–Trinajstić information content (AvgIpc) is 3.06. The zero-order valence-electron chi connectivity index (χ0n) is 27.7. The van der Waals surface area contributed by atoms with Gasteiger partial charge < -0.3 is 25.4 Å². The molecule has 242 valence electrons. The maximum atomic E-state index is 14.1. The first-order chi connectivity index (χ1) is 19.8. The van der Waals surface area contributed by atoms with E-state index < -0.39 is 40.2 Å². The molecule has 0 radical (unpaired) electrons. The van der Waals surface area contributed by atoms with Gasteiger partial charge in [-0.25, -0.2) is 4.79 Å². The second kappa shape index (κ2) is 13.4. The molecule has 3 amide bonds. The number of hydrogen-bond donors (Lipinski definition) is 3. The van der Waals surface area contributed by atoms with Crippen molar-refractivity contribution >= 4 is 29.5 Å². The average molecular weight is 620 g/mol. The first-order valence-electron chi connectivity index (χ1n) is 15.9. The second-order valence-corrected chi connectivity index (χ2v) is 15.7. The van der Waals surface area contributed by atoms with E-state index in [4.69, 9.17) is 16.3 Å². The summed E-state index contributed by atoms with van der Waals surface area (Å²) in [5.74, 6) is -0.353. The predicted molar refractivity (Wildman–Crippen MR) is 171 cm³/mol. The fraction of sp³-hybridized carbons (Fsp3) is 0.735. The Kier molecular flexibility index (Phi) is 10.9. The smallest absolute Gasteiger partial charge is 0.408 e. The van der Waals surface area contributed by atoms with Gasteiger partial charge in [0.25, 0.3) is 0 Å². The molecule has 2 fully saturated rings. The van der Waals surface area contributed by atoms with E-state index in [0.29, 0.717) is 30.5 Å². The molecule has 43 heavy (non-hydrogen) atoms. The van der Waals surface area contributed by atoms with Crippen molar-refractivity contribution in [2.45, 2.75) is 124 Å². The Balaban J connectivity index is 1.84. The molecule has 3 N–H and O–H groups in total. The molecule has 3 rings (SSSR count). The molecule has 1 aromatic rings. The van der Waals surface area contributed by atoms with Crippen LogP contribution in [0.1, 0.15) is 106 Å². The summed E-state index contributed by atoms with van der Waals surface area (Å²) >= 11 is 6.09. The van der Waals surface area contributed by atoms with Gasteiger partial charge >= 0.3 is 6.09 Å². The minimum absolute atomic E-state index is 0.190. The van der Waals surface area contributed by atoms with Gasteiger partial charge in [-0.05, 0) is 75.0 Å². The molecular formula is C34H54ClN3O5. The van der Waals surface area contributed by atoms with E-state index in [1.54, 1.807) is 37.8 Å². The molecule has 8 nitrogen and oxygen atoms in total. The molecule has 1 saturated carbocycles. The molecule has 2 unspecified atom stereocenters. The molecular weight excluding hydrogens is 566 g/mol. The van der Waals surface area contributed by atoms with Crippen molar-refractivity contribution in [2.75, 3.05) is 13.1 Å². The maximum Gasteiger partial charge on any atom is 0.408 e. The largest absolute Gasteiger partial charge is 0.444 e. The fourth-order valence-corrected chi connectivity index (χ4v) is 7.11. The van der Waals surface area contributed by atoms with Crippen molar-refractivity contribution < 1.29 is 24.2 Å². The van der Waals surface area contributed by atoms with Crippen LogP contribution < -0.4 is 10.6 Å². The number of rotatable bonds is 7. The minimum atomic E-state index is -1.14. The van der Waals surface area contributed by atoms with Gasteiger partial charge in [0.2, 0.25) is 11.8 Å². The maximum absolute atomic E-state index is 14.1. The van der Waals surface area contributed by atoms with Crippen molar-refractivity contribution in [2.24, 2.45) is 22.7 Å². The normalized spacial score (nSPS) is 27.5. The lowest BCUT2D eigenvalue weighted by atomic mass is 9.66. The predicted octanol–water partition coefficient (Wildman–Crippen LogP) is 6.43. The van der Waals surface area contributed by atoms with Crippen LogP contribution in [0.25, 0.3) is 0 Å². The highest BCUT2D eigenvalue weighted by Gasteiger charge is 2.51. The van der Waals surface area contributed by atoms with Crippen molar-refractivity contribution in [1.82, 2.24) is 15.5 Å². The highest BCUT2D eigenvalue weighted by atomic mass is 35.5. The molecule has 1 aliphatic carbocycles. The van der Waals surface area contributed by atoms with Crippen LogP contribution in [0.15, 0.2) is 24.3 Å². The number of nitrogens with one attached hydrogen (secondary N) is 2. The molecule has 1 aromatic carbocycles. The molecule has 0 spiro atoms. The van der Waals surface area contributed by atoms with Crippen LogP contribution in [0.3, 0.4) is 0 Å². The Labute approximate surface area is 263 Å². The number of nitrogens with zero attached hydrogens (tertiary/aromatic N) is 1. The van der Waals surface area contributed by atoms with Crippen LogP contribution in [-0.2, 0) is 19.9 Å². The van der Waals surface area contributed by atoms with Gasteiger partial charge in [-0.1, -0.05) is 84.5 Å². The van der Waals surface area contributed by atoms with Crippen LogP contribution in [-0.4, -0.2) is 58.7 Å². The number of benzene rings is 1. The number of alkyl carbamates (subject to hydrolysis) is 1. The summed E-state index contributed by atoms with van der Waals surface area (Å²) in [6, 6.07) is 5.56. The third-order valence-electron chi connectivity index (χ3n) is 9.44. The third-order valence-corrected chi connectivity index (χ3v) is 9.69. The number of hydrogen-bond acceptors (Lipinski definition) is 5. The van der Waals surface area contributed by atoms with Crippen LogP contribution in [0.2, 0.25) is 5.02 Å². The molecule has 9 heteroatoms. The number of ether oxygens (including phenoxy) is 1. The lowest BCUT2D eigenvalue weighted by Gasteiger charge is -2.51. The van der Waals surface area contributed by atoms with E-state index in [9.17, 15) is 19.5 Å². The van der Waals surface area contributed by atoms with E-state index in [1.807, 2.05) is 39.8 Å².